The van der Waals surface area contributed by atoms with Crippen molar-refractivity contribution in [2.45, 2.75) is 86.7 Å². The Morgan fingerprint density at radius 1 is 1.04 bits per heavy atom. The zero-order chi connectivity index (χ0) is 32.4. The molecule has 1 aliphatic heterocycles. The number of sulfone groups is 1. The Balaban J connectivity index is 1.10. The van der Waals surface area contributed by atoms with E-state index in [1.165, 1.54) is 24.3 Å². The van der Waals surface area contributed by atoms with Crippen molar-refractivity contribution < 1.29 is 27.5 Å². The molecule has 0 bridgehead atoms. The molecule has 2 aliphatic carbocycles. The number of amides is 2. The summed E-state index contributed by atoms with van der Waals surface area (Å²) < 4.78 is 40.2. The average Bonchev–Trinajstić information content (AvgIpc) is 3.47. The zero-order valence-corrected chi connectivity index (χ0v) is 26.8. The number of rotatable bonds is 11. The maximum atomic E-state index is 13.5. The molecule has 3 N–H and O–H groups in total. The highest BCUT2D eigenvalue weighted by Crippen LogP contribution is 2.34. The van der Waals surface area contributed by atoms with Gasteiger partial charge in [-0.3, -0.25) is 14.9 Å². The van der Waals surface area contributed by atoms with Gasteiger partial charge in [0.1, 0.15) is 17.7 Å². The fraction of sp³-hybridized carbons (Fsp3) is 0.457. The van der Waals surface area contributed by atoms with Crippen LogP contribution in [-0.4, -0.2) is 65.8 Å². The van der Waals surface area contributed by atoms with Crippen molar-refractivity contribution in [3.63, 3.8) is 0 Å². The number of aromatic nitrogens is 1. The van der Waals surface area contributed by atoms with Crippen molar-refractivity contribution in [2.24, 2.45) is 5.92 Å². The molecule has 3 aliphatic rings. The summed E-state index contributed by atoms with van der Waals surface area (Å²) in [5, 5.41) is 17.4. The second-order valence-electron chi connectivity index (χ2n) is 12.8. The number of nitrogens with zero attached hydrogens (tertiary/aromatic N) is 2. The van der Waals surface area contributed by atoms with Crippen LogP contribution in [-0.2, 0) is 14.6 Å². The van der Waals surface area contributed by atoms with Crippen molar-refractivity contribution in [1.82, 2.24) is 20.5 Å². The van der Waals surface area contributed by atoms with Gasteiger partial charge in [0.05, 0.1) is 28.2 Å². The zero-order valence-electron chi connectivity index (χ0n) is 26.0. The third kappa shape index (κ3) is 7.16. The number of hydrogen-bond donors (Lipinski definition) is 3. The van der Waals surface area contributed by atoms with Crippen LogP contribution in [0.25, 0.3) is 17.0 Å². The minimum Gasteiger partial charge on any atom is -0.376 e. The SMILES string of the molecule is C[C@H](NC(O)C1CCCN1C(=O)CNC(=O)c1ccc2cc(F)ccc2n1)c1ccc(S(=O)(=O)C2CCCC2)cc1/C=C/C1CC1. The first-order valence-corrected chi connectivity index (χ1v) is 17.8. The van der Waals surface area contributed by atoms with Gasteiger partial charge in [0.15, 0.2) is 9.84 Å². The number of carbonyl (C=O) groups excluding carboxylic acids is 2. The summed E-state index contributed by atoms with van der Waals surface area (Å²) in [6.45, 7) is 2.12. The molecular formula is C35H41FN4O5S. The lowest BCUT2D eigenvalue weighted by molar-refractivity contribution is -0.133. The number of halogens is 1. The number of allylic oxidation sites excluding steroid dienone is 1. The number of likely N-dealkylation sites (tertiary alicyclic amines) is 1. The maximum absolute atomic E-state index is 13.5. The van der Waals surface area contributed by atoms with Crippen LogP contribution in [0.2, 0.25) is 0 Å². The second-order valence-corrected chi connectivity index (χ2v) is 15.0. The van der Waals surface area contributed by atoms with Crippen LogP contribution in [0.4, 0.5) is 4.39 Å². The van der Waals surface area contributed by atoms with Crippen LogP contribution in [0, 0.1) is 11.7 Å². The van der Waals surface area contributed by atoms with Crippen molar-refractivity contribution in [1.29, 1.82) is 0 Å². The summed E-state index contributed by atoms with van der Waals surface area (Å²) >= 11 is 0. The lowest BCUT2D eigenvalue weighted by atomic mass is 10.00. The first kappa shape index (κ1) is 32.3. The van der Waals surface area contributed by atoms with E-state index in [-0.39, 0.29) is 29.4 Å². The molecule has 244 valence electrons. The molecule has 46 heavy (non-hydrogen) atoms. The normalized spacial score (nSPS) is 20.4. The molecule has 3 aromatic rings. The van der Waals surface area contributed by atoms with E-state index in [9.17, 15) is 27.5 Å². The summed E-state index contributed by atoms with van der Waals surface area (Å²) in [4.78, 5) is 32.2. The van der Waals surface area contributed by atoms with Gasteiger partial charge in [-0.1, -0.05) is 37.1 Å². The smallest absolute Gasteiger partial charge is 0.270 e. The van der Waals surface area contributed by atoms with Gasteiger partial charge < -0.3 is 15.3 Å². The van der Waals surface area contributed by atoms with Crippen molar-refractivity contribution in [3.8, 4) is 0 Å². The van der Waals surface area contributed by atoms with Gasteiger partial charge in [0, 0.05) is 18.0 Å². The molecule has 2 unspecified atom stereocenters. The molecule has 6 rings (SSSR count). The highest BCUT2D eigenvalue weighted by molar-refractivity contribution is 7.92. The summed E-state index contributed by atoms with van der Waals surface area (Å²) in [6.07, 6.45) is 9.93. The summed E-state index contributed by atoms with van der Waals surface area (Å²) in [5.41, 5.74) is 2.27. The largest absolute Gasteiger partial charge is 0.376 e. The number of benzene rings is 2. The fourth-order valence-corrected chi connectivity index (χ4v) is 8.53. The standard InChI is InChI=1S/C35H41FN4O5S/c1-22(29-15-14-28(20-24(29)11-10-23-8-9-23)46(44,45)27-5-2-3-6-27)38-35(43)32-7-4-18-40(32)33(41)21-37-34(42)31-16-12-25-19-26(36)13-17-30(25)39-31/h10-17,19-20,22-23,27,32,35,38,43H,2-9,18,21H2,1H3,(H,37,42)/b11-10+/t22-,32?,35?/m0/s1. The van der Waals surface area contributed by atoms with E-state index >= 15 is 0 Å². The van der Waals surface area contributed by atoms with E-state index in [1.807, 2.05) is 19.1 Å². The molecule has 1 saturated heterocycles. The molecule has 2 saturated carbocycles. The Morgan fingerprint density at radius 3 is 2.59 bits per heavy atom. The topological polar surface area (TPSA) is 129 Å². The van der Waals surface area contributed by atoms with Crippen LogP contribution < -0.4 is 10.6 Å². The van der Waals surface area contributed by atoms with E-state index in [1.54, 1.807) is 23.1 Å². The first-order chi connectivity index (χ1) is 22.1. The molecule has 3 atom stereocenters. The van der Waals surface area contributed by atoms with E-state index in [0.29, 0.717) is 53.9 Å². The summed E-state index contributed by atoms with van der Waals surface area (Å²) in [7, 11) is -3.42. The fourth-order valence-electron chi connectivity index (χ4n) is 6.65. The number of hydrogen-bond acceptors (Lipinski definition) is 7. The van der Waals surface area contributed by atoms with E-state index in [0.717, 1.165) is 36.8 Å². The minimum atomic E-state index is -3.42. The van der Waals surface area contributed by atoms with Crippen LogP contribution in [0.15, 0.2) is 59.5 Å². The van der Waals surface area contributed by atoms with Gasteiger partial charge in [0.25, 0.3) is 5.91 Å². The number of pyridine rings is 1. The monoisotopic (exact) mass is 648 g/mol. The van der Waals surface area contributed by atoms with E-state index < -0.39 is 33.8 Å². The molecule has 3 fully saturated rings. The van der Waals surface area contributed by atoms with Crippen LogP contribution in [0.5, 0.6) is 0 Å². The Hall–Kier alpha value is -3.67. The quantitative estimate of drug-likeness (QED) is 0.252. The molecule has 9 nitrogen and oxygen atoms in total. The van der Waals surface area contributed by atoms with Crippen molar-refractivity contribution in [2.75, 3.05) is 13.1 Å². The second kappa shape index (κ2) is 13.6. The van der Waals surface area contributed by atoms with E-state index in [4.69, 9.17) is 0 Å². The Morgan fingerprint density at radius 2 is 1.83 bits per heavy atom. The van der Waals surface area contributed by atoms with Crippen LogP contribution >= 0.6 is 0 Å². The van der Waals surface area contributed by atoms with E-state index in [2.05, 4.69) is 21.7 Å². The molecule has 0 radical (unpaired) electrons. The molecular weight excluding hydrogens is 607 g/mol. The van der Waals surface area contributed by atoms with Crippen molar-refractivity contribution in [3.05, 3.63) is 77.2 Å². The van der Waals surface area contributed by atoms with Gasteiger partial charge >= 0.3 is 0 Å². The molecule has 2 heterocycles. The summed E-state index contributed by atoms with van der Waals surface area (Å²) in [5.74, 6) is -0.719. The first-order valence-electron chi connectivity index (χ1n) is 16.2. The number of aliphatic hydroxyl groups is 1. The Kier molecular flexibility index (Phi) is 9.54. The molecule has 0 spiro atoms. The lowest BCUT2D eigenvalue weighted by Crippen LogP contribution is -2.51. The Bertz CT molecular complexity index is 1750. The molecule has 2 amide bonds. The van der Waals surface area contributed by atoms with Gasteiger partial charge in [-0.25, -0.2) is 17.8 Å². The number of aliphatic hydroxyl groups excluding tert-OH is 1. The van der Waals surface area contributed by atoms with Gasteiger partial charge in [0.2, 0.25) is 5.91 Å². The maximum Gasteiger partial charge on any atom is 0.270 e. The highest BCUT2D eigenvalue weighted by Gasteiger charge is 2.35. The summed E-state index contributed by atoms with van der Waals surface area (Å²) in [6, 6.07) is 11.7. The van der Waals surface area contributed by atoms with Gasteiger partial charge in [-0.2, -0.15) is 0 Å². The Labute approximate surface area is 269 Å². The van der Waals surface area contributed by atoms with Crippen LogP contribution in [0.1, 0.15) is 85.9 Å². The molecule has 2 aromatic carbocycles. The lowest BCUT2D eigenvalue weighted by Gasteiger charge is -2.31. The third-order valence-electron chi connectivity index (χ3n) is 9.45. The minimum absolute atomic E-state index is 0.119. The van der Waals surface area contributed by atoms with Crippen molar-refractivity contribution >= 4 is 38.6 Å². The third-order valence-corrected chi connectivity index (χ3v) is 11.7. The number of carbonyl (C=O) groups is 2. The average molecular weight is 649 g/mol. The number of nitrogens with one attached hydrogen (secondary N) is 2. The molecule has 11 heteroatoms. The predicted molar refractivity (Wildman–Crippen MR) is 174 cm³/mol. The van der Waals surface area contributed by atoms with Gasteiger partial charge in [-0.15, -0.1) is 0 Å². The van der Waals surface area contributed by atoms with Gasteiger partial charge in [-0.05, 0) is 98.9 Å². The predicted octanol–water partition coefficient (Wildman–Crippen LogP) is 4.90. The molecule has 1 aromatic heterocycles. The number of fused-ring (bicyclic) bond motifs is 1. The highest BCUT2D eigenvalue weighted by atomic mass is 32.2. The van der Waals surface area contributed by atoms with Crippen LogP contribution in [0.3, 0.4) is 0 Å².